The van der Waals surface area contributed by atoms with Crippen LogP contribution in [0.2, 0.25) is 0 Å². The molecule has 0 aromatic heterocycles. The SMILES string of the molecule is CC(C)CCN1CCC2(CC1)Cc1ccccc1NC2=O. The van der Waals surface area contributed by atoms with Crippen LogP contribution >= 0.6 is 0 Å². The summed E-state index contributed by atoms with van der Waals surface area (Å²) >= 11 is 0. The maximum absolute atomic E-state index is 12.6. The molecule has 21 heavy (non-hydrogen) atoms. The van der Waals surface area contributed by atoms with Gasteiger partial charge in [0.2, 0.25) is 5.91 Å². The summed E-state index contributed by atoms with van der Waals surface area (Å²) in [5.41, 5.74) is 2.14. The second-order valence-corrected chi connectivity index (χ2v) is 7.09. The zero-order valence-corrected chi connectivity index (χ0v) is 13.2. The van der Waals surface area contributed by atoms with Gasteiger partial charge < -0.3 is 10.2 Å². The molecule has 3 nitrogen and oxygen atoms in total. The summed E-state index contributed by atoms with van der Waals surface area (Å²) < 4.78 is 0. The van der Waals surface area contributed by atoms with E-state index < -0.39 is 0 Å². The summed E-state index contributed by atoms with van der Waals surface area (Å²) in [6, 6.07) is 8.23. The Hall–Kier alpha value is -1.35. The van der Waals surface area contributed by atoms with Crippen LogP contribution < -0.4 is 5.32 Å². The van der Waals surface area contributed by atoms with Crippen LogP contribution in [0.5, 0.6) is 0 Å². The Morgan fingerprint density at radius 3 is 2.67 bits per heavy atom. The van der Waals surface area contributed by atoms with E-state index in [0.29, 0.717) is 0 Å². The fraction of sp³-hybridized carbons (Fsp3) is 0.611. The van der Waals surface area contributed by atoms with E-state index in [0.717, 1.165) is 44.0 Å². The largest absolute Gasteiger partial charge is 0.325 e. The van der Waals surface area contributed by atoms with Gasteiger partial charge in [-0.3, -0.25) is 4.79 Å². The number of anilines is 1. The third kappa shape index (κ3) is 2.98. The van der Waals surface area contributed by atoms with Gasteiger partial charge in [-0.05, 0) is 62.9 Å². The predicted molar refractivity (Wildman–Crippen MR) is 86.3 cm³/mol. The quantitative estimate of drug-likeness (QED) is 0.924. The second kappa shape index (κ2) is 5.80. The van der Waals surface area contributed by atoms with Crippen LogP contribution in [0.15, 0.2) is 24.3 Å². The predicted octanol–water partition coefficient (Wildman–Crippen LogP) is 3.31. The third-order valence-corrected chi connectivity index (χ3v) is 5.11. The second-order valence-electron chi connectivity index (χ2n) is 7.09. The lowest BCUT2D eigenvalue weighted by molar-refractivity contribution is -0.128. The molecule has 0 atom stereocenters. The molecule has 0 radical (unpaired) electrons. The van der Waals surface area contributed by atoms with E-state index in [1.165, 1.54) is 18.5 Å². The average molecular weight is 286 g/mol. The van der Waals surface area contributed by atoms with Crippen molar-refractivity contribution >= 4 is 11.6 Å². The van der Waals surface area contributed by atoms with Gasteiger partial charge in [-0.15, -0.1) is 0 Å². The standard InChI is InChI=1S/C18H26N2O/c1-14(2)7-10-20-11-8-18(9-12-20)13-15-5-3-4-6-16(15)19-17(18)21/h3-6,14H,7-13H2,1-2H3,(H,19,21). The first-order valence-electron chi connectivity index (χ1n) is 8.21. The van der Waals surface area contributed by atoms with Crippen molar-refractivity contribution < 1.29 is 4.79 Å². The number of hydrogen-bond donors (Lipinski definition) is 1. The minimum absolute atomic E-state index is 0.164. The topological polar surface area (TPSA) is 32.3 Å². The summed E-state index contributed by atoms with van der Waals surface area (Å²) in [5, 5.41) is 3.13. The molecule has 0 unspecified atom stereocenters. The van der Waals surface area contributed by atoms with Gasteiger partial charge in [-0.25, -0.2) is 0 Å². The van der Waals surface area contributed by atoms with Gasteiger partial charge in [-0.2, -0.15) is 0 Å². The number of nitrogens with zero attached hydrogens (tertiary/aromatic N) is 1. The highest BCUT2D eigenvalue weighted by Gasteiger charge is 2.44. The first-order valence-corrected chi connectivity index (χ1v) is 8.21. The molecule has 1 spiro atoms. The number of nitrogens with one attached hydrogen (secondary N) is 1. The Bertz CT molecular complexity index is 516. The van der Waals surface area contributed by atoms with E-state index in [2.05, 4.69) is 36.2 Å². The van der Waals surface area contributed by atoms with E-state index in [1.54, 1.807) is 0 Å². The number of carbonyl (C=O) groups excluding carboxylic acids is 1. The molecule has 3 heteroatoms. The molecule has 0 saturated carbocycles. The number of piperidine rings is 1. The van der Waals surface area contributed by atoms with E-state index in [4.69, 9.17) is 0 Å². The molecule has 1 aromatic carbocycles. The first-order chi connectivity index (χ1) is 10.1. The lowest BCUT2D eigenvalue weighted by atomic mass is 9.71. The number of likely N-dealkylation sites (tertiary alicyclic amines) is 1. The highest BCUT2D eigenvalue weighted by molar-refractivity contribution is 5.98. The summed E-state index contributed by atoms with van der Waals surface area (Å²) in [4.78, 5) is 15.1. The molecule has 0 bridgehead atoms. The molecular weight excluding hydrogens is 260 g/mol. The minimum atomic E-state index is -0.164. The molecule has 2 heterocycles. The van der Waals surface area contributed by atoms with Gasteiger partial charge in [0.25, 0.3) is 0 Å². The Morgan fingerprint density at radius 1 is 1.24 bits per heavy atom. The maximum atomic E-state index is 12.6. The normalized spacial score (nSPS) is 21.4. The summed E-state index contributed by atoms with van der Waals surface area (Å²) in [5.74, 6) is 0.996. The number of rotatable bonds is 3. The minimum Gasteiger partial charge on any atom is -0.325 e. The van der Waals surface area contributed by atoms with Crippen molar-refractivity contribution in [1.29, 1.82) is 0 Å². The van der Waals surface area contributed by atoms with Crippen molar-refractivity contribution in [1.82, 2.24) is 4.90 Å². The molecular formula is C18H26N2O. The molecule has 3 rings (SSSR count). The van der Waals surface area contributed by atoms with Crippen molar-refractivity contribution in [3.63, 3.8) is 0 Å². The van der Waals surface area contributed by atoms with E-state index in [-0.39, 0.29) is 11.3 Å². The van der Waals surface area contributed by atoms with Crippen molar-refractivity contribution in [2.24, 2.45) is 11.3 Å². The molecule has 2 aliphatic rings. The molecule has 1 saturated heterocycles. The maximum Gasteiger partial charge on any atom is 0.231 e. The van der Waals surface area contributed by atoms with Gasteiger partial charge in [0.05, 0.1) is 5.41 Å². The van der Waals surface area contributed by atoms with Crippen molar-refractivity contribution in [3.8, 4) is 0 Å². The zero-order chi connectivity index (χ0) is 14.9. The fourth-order valence-electron chi connectivity index (χ4n) is 3.55. The van der Waals surface area contributed by atoms with E-state index in [9.17, 15) is 4.79 Å². The Labute approximate surface area is 127 Å². The number of para-hydroxylation sites is 1. The van der Waals surface area contributed by atoms with Gasteiger partial charge >= 0.3 is 0 Å². The zero-order valence-electron chi connectivity index (χ0n) is 13.2. The van der Waals surface area contributed by atoms with Crippen LogP contribution in [0.3, 0.4) is 0 Å². The molecule has 0 aliphatic carbocycles. The number of benzene rings is 1. The van der Waals surface area contributed by atoms with Gasteiger partial charge in [-0.1, -0.05) is 32.0 Å². The lowest BCUT2D eigenvalue weighted by Crippen LogP contribution is -2.50. The Morgan fingerprint density at radius 2 is 1.95 bits per heavy atom. The highest BCUT2D eigenvalue weighted by atomic mass is 16.2. The Balaban J connectivity index is 1.66. The van der Waals surface area contributed by atoms with Crippen molar-refractivity contribution in [3.05, 3.63) is 29.8 Å². The molecule has 114 valence electrons. The summed E-state index contributed by atoms with van der Waals surface area (Å²) in [6.07, 6.45) is 4.14. The first kappa shape index (κ1) is 14.6. The smallest absolute Gasteiger partial charge is 0.231 e. The van der Waals surface area contributed by atoms with Crippen LogP contribution in [0, 0.1) is 11.3 Å². The van der Waals surface area contributed by atoms with Crippen molar-refractivity contribution in [2.75, 3.05) is 25.0 Å². The van der Waals surface area contributed by atoms with Crippen LogP contribution in [0.1, 0.15) is 38.7 Å². The fourth-order valence-corrected chi connectivity index (χ4v) is 3.55. The average Bonchev–Trinajstić information content (AvgIpc) is 2.48. The van der Waals surface area contributed by atoms with Gasteiger partial charge in [0.1, 0.15) is 0 Å². The van der Waals surface area contributed by atoms with Crippen molar-refractivity contribution in [2.45, 2.75) is 39.5 Å². The molecule has 1 aromatic rings. The Kier molecular flexibility index (Phi) is 4.03. The molecule has 1 amide bonds. The lowest BCUT2D eigenvalue weighted by Gasteiger charge is -2.43. The number of carbonyl (C=O) groups is 1. The number of fused-ring (bicyclic) bond motifs is 1. The van der Waals surface area contributed by atoms with Gasteiger partial charge in [0, 0.05) is 5.69 Å². The number of hydrogen-bond acceptors (Lipinski definition) is 2. The molecule has 1 fully saturated rings. The van der Waals surface area contributed by atoms with Crippen LogP contribution in [-0.2, 0) is 11.2 Å². The molecule has 1 N–H and O–H groups in total. The van der Waals surface area contributed by atoms with Crippen LogP contribution in [-0.4, -0.2) is 30.4 Å². The van der Waals surface area contributed by atoms with Crippen LogP contribution in [0.4, 0.5) is 5.69 Å². The van der Waals surface area contributed by atoms with Crippen LogP contribution in [0.25, 0.3) is 0 Å². The van der Waals surface area contributed by atoms with E-state index in [1.807, 2.05) is 12.1 Å². The summed E-state index contributed by atoms with van der Waals surface area (Å²) in [6.45, 7) is 7.84. The molecule has 2 aliphatic heterocycles. The summed E-state index contributed by atoms with van der Waals surface area (Å²) in [7, 11) is 0. The third-order valence-electron chi connectivity index (χ3n) is 5.11. The van der Waals surface area contributed by atoms with Gasteiger partial charge in [0.15, 0.2) is 0 Å². The number of amides is 1. The van der Waals surface area contributed by atoms with E-state index >= 15 is 0 Å². The highest BCUT2D eigenvalue weighted by Crippen LogP contribution is 2.41. The monoisotopic (exact) mass is 286 g/mol.